The molecule has 25 heavy (non-hydrogen) atoms. The maximum Gasteiger partial charge on any atom is 0.0684 e. The fourth-order valence-electron chi connectivity index (χ4n) is 5.38. The van der Waals surface area contributed by atoms with Gasteiger partial charge in [0, 0.05) is 49.7 Å². The van der Waals surface area contributed by atoms with E-state index in [1.165, 1.54) is 18.4 Å². The molecule has 5 atom stereocenters. The van der Waals surface area contributed by atoms with E-state index in [-0.39, 0.29) is 11.5 Å². The zero-order chi connectivity index (χ0) is 17.4. The highest BCUT2D eigenvalue weighted by Gasteiger charge is 2.57. The van der Waals surface area contributed by atoms with Crippen LogP contribution < -0.4 is 5.32 Å². The Bertz CT molecular complexity index is 577. The van der Waals surface area contributed by atoms with Crippen LogP contribution in [0.3, 0.4) is 0 Å². The van der Waals surface area contributed by atoms with Crippen molar-refractivity contribution in [2.45, 2.75) is 63.9 Å². The summed E-state index contributed by atoms with van der Waals surface area (Å²) in [6.45, 7) is 8.26. The van der Waals surface area contributed by atoms with Crippen LogP contribution >= 0.6 is 0 Å². The Morgan fingerprint density at radius 2 is 2.08 bits per heavy atom. The Kier molecular flexibility index (Phi) is 4.89. The van der Waals surface area contributed by atoms with E-state index in [4.69, 9.17) is 4.74 Å². The van der Waals surface area contributed by atoms with Gasteiger partial charge in [-0.2, -0.15) is 0 Å². The molecule has 4 nitrogen and oxygen atoms in total. The highest BCUT2D eigenvalue weighted by Crippen LogP contribution is 2.51. The third-order valence-corrected chi connectivity index (χ3v) is 6.64. The first kappa shape index (κ1) is 17.5. The molecule has 0 spiro atoms. The van der Waals surface area contributed by atoms with Crippen LogP contribution in [-0.4, -0.2) is 54.0 Å². The van der Waals surface area contributed by atoms with E-state index in [9.17, 15) is 5.11 Å². The molecular weight excluding hydrogens is 312 g/mol. The number of hydrogen-bond donors (Lipinski definition) is 2. The minimum atomic E-state index is -0.198. The predicted octanol–water partition coefficient (Wildman–Crippen LogP) is 2.41. The highest BCUT2D eigenvalue weighted by molar-refractivity contribution is 5.15. The molecule has 1 aliphatic carbocycles. The lowest BCUT2D eigenvalue weighted by Gasteiger charge is -2.60. The zero-order valence-corrected chi connectivity index (χ0v) is 15.5. The van der Waals surface area contributed by atoms with Gasteiger partial charge in [-0.25, -0.2) is 0 Å². The van der Waals surface area contributed by atoms with Crippen molar-refractivity contribution in [1.29, 1.82) is 0 Å². The maximum atomic E-state index is 10.2. The van der Waals surface area contributed by atoms with Crippen molar-refractivity contribution in [3.63, 3.8) is 0 Å². The van der Waals surface area contributed by atoms with Crippen molar-refractivity contribution in [2.75, 3.05) is 19.7 Å². The Balaban J connectivity index is 1.36. The molecule has 138 valence electrons. The van der Waals surface area contributed by atoms with Gasteiger partial charge in [-0.15, -0.1) is 0 Å². The summed E-state index contributed by atoms with van der Waals surface area (Å²) in [5.41, 5.74) is 1.54. The SMILES string of the molecule is CC1(C)[C@H](NC[C@@H]2C[C@H](O)CN2Cc2ccccc2)[C@H]2CCCO[C@@H]21. The Morgan fingerprint density at radius 1 is 1.28 bits per heavy atom. The Hall–Kier alpha value is -0.940. The lowest BCUT2D eigenvalue weighted by molar-refractivity contribution is -0.192. The number of likely N-dealkylation sites (tertiary alicyclic amines) is 1. The summed E-state index contributed by atoms with van der Waals surface area (Å²) in [6, 6.07) is 11.5. The minimum Gasteiger partial charge on any atom is -0.392 e. The molecule has 3 aliphatic rings. The molecule has 2 N–H and O–H groups in total. The molecule has 2 saturated heterocycles. The van der Waals surface area contributed by atoms with Crippen molar-refractivity contribution in [2.24, 2.45) is 11.3 Å². The van der Waals surface area contributed by atoms with E-state index in [1.807, 2.05) is 0 Å². The average molecular weight is 344 g/mol. The van der Waals surface area contributed by atoms with Gasteiger partial charge in [0.05, 0.1) is 12.2 Å². The smallest absolute Gasteiger partial charge is 0.0684 e. The average Bonchev–Trinajstić information content (AvgIpc) is 2.95. The second-order valence-corrected chi connectivity index (χ2v) is 8.76. The lowest BCUT2D eigenvalue weighted by Crippen LogP contribution is -2.70. The van der Waals surface area contributed by atoms with Crippen molar-refractivity contribution in [3.8, 4) is 0 Å². The monoisotopic (exact) mass is 344 g/mol. The summed E-state index contributed by atoms with van der Waals surface area (Å²) in [7, 11) is 0. The second-order valence-electron chi connectivity index (χ2n) is 8.76. The van der Waals surface area contributed by atoms with Gasteiger partial charge in [0.1, 0.15) is 0 Å². The third-order valence-electron chi connectivity index (χ3n) is 6.64. The fourth-order valence-corrected chi connectivity index (χ4v) is 5.38. The van der Waals surface area contributed by atoms with Crippen LogP contribution in [0, 0.1) is 11.3 Å². The van der Waals surface area contributed by atoms with Gasteiger partial charge >= 0.3 is 0 Å². The van der Waals surface area contributed by atoms with E-state index in [1.54, 1.807) is 0 Å². The number of hydrogen-bond acceptors (Lipinski definition) is 4. The van der Waals surface area contributed by atoms with Crippen molar-refractivity contribution in [3.05, 3.63) is 35.9 Å². The number of fused-ring (bicyclic) bond motifs is 1. The lowest BCUT2D eigenvalue weighted by atomic mass is 9.55. The minimum absolute atomic E-state index is 0.198. The normalized spacial score (nSPS) is 37.5. The number of nitrogens with one attached hydrogen (secondary N) is 1. The largest absolute Gasteiger partial charge is 0.392 e. The van der Waals surface area contributed by atoms with E-state index in [0.717, 1.165) is 32.7 Å². The summed E-state index contributed by atoms with van der Waals surface area (Å²) in [6.07, 6.45) is 3.58. The van der Waals surface area contributed by atoms with Crippen LogP contribution in [0.25, 0.3) is 0 Å². The number of benzene rings is 1. The zero-order valence-electron chi connectivity index (χ0n) is 15.5. The molecule has 0 unspecified atom stereocenters. The van der Waals surface area contributed by atoms with Gasteiger partial charge in [0.15, 0.2) is 0 Å². The van der Waals surface area contributed by atoms with Gasteiger partial charge < -0.3 is 15.2 Å². The highest BCUT2D eigenvalue weighted by atomic mass is 16.5. The summed E-state index contributed by atoms with van der Waals surface area (Å²) in [5, 5.41) is 14.0. The van der Waals surface area contributed by atoms with Crippen LogP contribution in [0.4, 0.5) is 0 Å². The van der Waals surface area contributed by atoms with E-state index in [0.29, 0.717) is 24.1 Å². The summed E-state index contributed by atoms with van der Waals surface area (Å²) >= 11 is 0. The number of rotatable bonds is 5. The molecule has 0 aromatic heterocycles. The topological polar surface area (TPSA) is 44.7 Å². The number of aliphatic hydroxyl groups excluding tert-OH is 1. The first-order valence-electron chi connectivity index (χ1n) is 9.86. The molecular formula is C21H32N2O2. The van der Waals surface area contributed by atoms with Gasteiger partial charge in [-0.1, -0.05) is 44.2 Å². The number of aliphatic hydroxyl groups is 1. The van der Waals surface area contributed by atoms with Crippen molar-refractivity contribution in [1.82, 2.24) is 10.2 Å². The summed E-state index contributed by atoms with van der Waals surface area (Å²) < 4.78 is 6.02. The molecule has 1 saturated carbocycles. The first-order chi connectivity index (χ1) is 12.1. The quantitative estimate of drug-likeness (QED) is 0.861. The van der Waals surface area contributed by atoms with Crippen LogP contribution in [0.1, 0.15) is 38.7 Å². The molecule has 4 rings (SSSR count). The van der Waals surface area contributed by atoms with Crippen LogP contribution in [-0.2, 0) is 11.3 Å². The van der Waals surface area contributed by atoms with E-state index >= 15 is 0 Å². The Morgan fingerprint density at radius 3 is 2.88 bits per heavy atom. The molecule has 1 aromatic rings. The standard InChI is InChI=1S/C21H32N2O2/c1-21(2)19(18-9-6-10-25-20(18)21)22-12-16-11-17(24)14-23(16)13-15-7-4-3-5-8-15/h3-5,7-8,16-20,22,24H,6,9-14H2,1-2H3/t16-,17-,18+,19+,20-/m0/s1. The van der Waals surface area contributed by atoms with Gasteiger partial charge in [0.2, 0.25) is 0 Å². The number of β-amino-alcohol motifs (C(OH)–C–C–N with tert-alkyl or cyclic N) is 1. The molecule has 2 aliphatic heterocycles. The van der Waals surface area contributed by atoms with Crippen molar-refractivity contribution < 1.29 is 9.84 Å². The molecule has 2 heterocycles. The third kappa shape index (κ3) is 3.37. The first-order valence-corrected chi connectivity index (χ1v) is 9.86. The summed E-state index contributed by atoms with van der Waals surface area (Å²) in [4.78, 5) is 2.44. The van der Waals surface area contributed by atoms with Gasteiger partial charge in [0.25, 0.3) is 0 Å². The van der Waals surface area contributed by atoms with Crippen LogP contribution in [0.5, 0.6) is 0 Å². The predicted molar refractivity (Wildman–Crippen MR) is 99.3 cm³/mol. The van der Waals surface area contributed by atoms with Gasteiger partial charge in [-0.05, 0) is 24.8 Å². The molecule has 0 bridgehead atoms. The molecule has 3 fully saturated rings. The molecule has 0 radical (unpaired) electrons. The van der Waals surface area contributed by atoms with Crippen LogP contribution in [0.2, 0.25) is 0 Å². The number of nitrogens with zero attached hydrogens (tertiary/aromatic N) is 1. The fraction of sp³-hybridized carbons (Fsp3) is 0.714. The van der Waals surface area contributed by atoms with E-state index < -0.39 is 0 Å². The van der Waals surface area contributed by atoms with Crippen LogP contribution in [0.15, 0.2) is 30.3 Å². The summed E-state index contributed by atoms with van der Waals surface area (Å²) in [5.74, 6) is 0.664. The molecule has 1 aromatic carbocycles. The van der Waals surface area contributed by atoms with Crippen molar-refractivity contribution >= 4 is 0 Å². The number of ether oxygens (including phenoxy) is 1. The molecule has 4 heteroatoms. The second kappa shape index (κ2) is 6.99. The van der Waals surface area contributed by atoms with Gasteiger partial charge in [-0.3, -0.25) is 4.90 Å². The molecule has 0 amide bonds. The maximum absolute atomic E-state index is 10.2. The Labute approximate surface area is 151 Å². The van der Waals surface area contributed by atoms with E-state index in [2.05, 4.69) is 54.4 Å².